The van der Waals surface area contributed by atoms with E-state index in [2.05, 4.69) is 39.7 Å². The number of aliphatic hydroxyl groups is 4. The Bertz CT molecular complexity index is 1600. The summed E-state index contributed by atoms with van der Waals surface area (Å²) in [6.07, 6.45) is -9.60. The number of rotatable bonds is 8. The first-order valence-corrected chi connectivity index (χ1v) is 16.2. The zero-order valence-electron chi connectivity index (χ0n) is 27.6. The normalized spacial score (nSPS) is 33.2. The van der Waals surface area contributed by atoms with Gasteiger partial charge in [-0.15, -0.1) is 0 Å². The molecule has 0 aromatic carbocycles. The molecule has 0 aromatic heterocycles. The number of guanidine groups is 2. The molecule has 3 unspecified atom stereocenters. The number of carbonyl (C=O) groups excluding carboxylic acids is 2. The van der Waals surface area contributed by atoms with E-state index in [9.17, 15) is 58.7 Å². The van der Waals surface area contributed by atoms with Crippen molar-refractivity contribution in [1.29, 1.82) is 10.8 Å². The first kappa shape index (κ1) is 50.6. The fourth-order valence-electron chi connectivity index (χ4n) is 5.20. The molecule has 6 rings (SSSR count). The van der Waals surface area contributed by atoms with Crippen molar-refractivity contribution < 1.29 is 195 Å². The summed E-state index contributed by atoms with van der Waals surface area (Å²) in [5.74, 6) is -2.21. The van der Waals surface area contributed by atoms with Gasteiger partial charge in [-0.1, -0.05) is 0 Å². The molecule has 0 saturated carbocycles. The molecule has 2 amide bonds. The average Bonchev–Trinajstić information content (AvgIpc) is 3.73. The Kier molecular flexibility index (Phi) is 19.7. The van der Waals surface area contributed by atoms with E-state index in [4.69, 9.17) is 20.3 Å². The Balaban J connectivity index is 0.000000483. The van der Waals surface area contributed by atoms with E-state index in [1.54, 1.807) is 0 Å². The molecule has 0 radical (unpaired) electrons. The smallest absolute Gasteiger partial charge is 0.790 e. The largest absolute Gasteiger partial charge is 1.00 e. The fraction of sp³-hybridized carbons (Fsp3) is 0.600. The molecule has 10 atom stereocenters. The number of ether oxygens (including phenoxy) is 2. The van der Waals surface area contributed by atoms with Crippen molar-refractivity contribution in [3.8, 4) is 0 Å². The van der Waals surface area contributed by atoms with Crippen molar-refractivity contribution in [1.82, 2.24) is 20.4 Å². The van der Waals surface area contributed by atoms with Crippen LogP contribution in [0.25, 0.3) is 0 Å². The van der Waals surface area contributed by atoms with Gasteiger partial charge in [0.15, 0.2) is 36.2 Å². The predicted molar refractivity (Wildman–Crippen MR) is 143 cm³/mol. The maximum atomic E-state index is 11.8. The topological polar surface area (TPSA) is 406 Å². The molecule has 8 N–H and O–H groups in total. The summed E-state index contributed by atoms with van der Waals surface area (Å²) >= 11 is 0. The number of amides is 2. The van der Waals surface area contributed by atoms with E-state index in [0.717, 1.165) is 22.5 Å². The quantitative estimate of drug-likeness (QED) is 0.0833. The molecule has 0 spiro atoms. The standard InChI is InChI=1S/2C10H14N5O8P.4Na/c11-10-13-7-4(8(18)14-10)12-2-15(7)9-5(17)6(3(1-16)22-9)23-24(19,20)21;11-10-13-7-4(8(18)14-10)12-2-15(7)9-6(23-24(19,20)21)5(17)3(1-16)22-9;;;;/h2*2-6,9,16-17H,1H2,(H2,11,14,18)(H2,19,20,21);;;;/q;;4*+1/p-4/t3-,4?,5-,6-,9-;3-,4?,5-,6?,9-;;;;/m11..../s1. The number of phosphoric ester groups is 2. The van der Waals surface area contributed by atoms with Crippen LogP contribution in [0.3, 0.4) is 0 Å². The van der Waals surface area contributed by atoms with E-state index in [-0.39, 0.29) is 130 Å². The van der Waals surface area contributed by atoms with Gasteiger partial charge in [-0.3, -0.25) is 50.8 Å². The van der Waals surface area contributed by atoms with Crippen molar-refractivity contribution in [2.45, 2.75) is 61.2 Å². The van der Waals surface area contributed by atoms with Crippen molar-refractivity contribution in [2.75, 3.05) is 13.2 Å². The minimum absolute atomic E-state index is 0. The molecule has 6 aliphatic rings. The summed E-state index contributed by atoms with van der Waals surface area (Å²) in [4.78, 5) is 84.4. The second-order valence-corrected chi connectivity index (χ2v) is 12.5. The fourth-order valence-corrected chi connectivity index (χ4v) is 6.28. The van der Waals surface area contributed by atoms with Gasteiger partial charge < -0.3 is 67.7 Å². The Morgan fingerprint density at radius 2 is 1.13 bits per heavy atom. The predicted octanol–water partition coefficient (Wildman–Crippen LogP) is -21.1. The molecule has 264 valence electrons. The van der Waals surface area contributed by atoms with Crippen LogP contribution in [0.15, 0.2) is 20.0 Å². The SMILES string of the molecule is N=C1N=C2C(N=CN2[C@@H]2O[C@H](CO)[C@@H](O)C2OP(=O)([O-])[O-])C(=O)N1.N=C1N=C2C(N=CN2[C@@H]2O[C@H](CO)[C@@H](OP(=O)([O-])[O-])[C@H]2O)C(=O)N1.[Na+].[Na+].[Na+].[Na+]. The third-order valence-corrected chi connectivity index (χ3v) is 8.17. The number of phosphoric acid groups is 2. The molecule has 2 fully saturated rings. The molecule has 0 aromatic rings. The molecule has 32 heteroatoms. The van der Waals surface area contributed by atoms with E-state index in [1.165, 1.54) is 0 Å². The first-order chi connectivity index (χ1) is 22.4. The molecule has 6 aliphatic heterocycles. The molecule has 26 nitrogen and oxygen atoms in total. The van der Waals surface area contributed by atoms with Gasteiger partial charge in [0, 0.05) is 0 Å². The van der Waals surface area contributed by atoms with Crippen LogP contribution in [-0.4, -0.2) is 153 Å². The second kappa shape index (κ2) is 20.3. The molecular weight excluding hydrogens is 790 g/mol. The molecular formula is C20H24N10Na4O16P2. The van der Waals surface area contributed by atoms with Gasteiger partial charge >= 0.3 is 118 Å². The number of hydrogen-bond acceptors (Lipinski definition) is 22. The third-order valence-electron chi connectivity index (χ3n) is 7.16. The minimum atomic E-state index is -5.48. The third kappa shape index (κ3) is 11.3. The van der Waals surface area contributed by atoms with Crippen molar-refractivity contribution in [2.24, 2.45) is 20.0 Å². The first-order valence-electron chi connectivity index (χ1n) is 13.3. The van der Waals surface area contributed by atoms with Gasteiger partial charge in [0.25, 0.3) is 11.8 Å². The number of hydrogen-bond donors (Lipinski definition) is 8. The molecule has 0 aliphatic carbocycles. The van der Waals surface area contributed by atoms with E-state index < -0.39 is 114 Å². The summed E-state index contributed by atoms with van der Waals surface area (Å²) in [6.45, 7) is -1.40. The summed E-state index contributed by atoms with van der Waals surface area (Å²) < 4.78 is 40.9. The number of amidine groups is 2. The average molecular weight is 814 g/mol. The monoisotopic (exact) mass is 814 g/mol. The van der Waals surface area contributed by atoms with Crippen LogP contribution in [0.2, 0.25) is 0 Å². The summed E-state index contributed by atoms with van der Waals surface area (Å²) in [5, 5.41) is 57.8. The van der Waals surface area contributed by atoms with Gasteiger partial charge in [-0.25, -0.2) is 0 Å². The Hall–Kier alpha value is 0.540. The zero-order chi connectivity index (χ0) is 35.3. The number of aliphatic imine (C=N–C) groups is 4. The van der Waals surface area contributed by atoms with Gasteiger partial charge in [0.05, 0.1) is 41.5 Å². The van der Waals surface area contributed by atoms with Crippen molar-refractivity contribution in [3.05, 3.63) is 0 Å². The van der Waals surface area contributed by atoms with Crippen LogP contribution in [-0.2, 0) is 37.2 Å². The summed E-state index contributed by atoms with van der Waals surface area (Å²) in [5.41, 5.74) is 0. The number of fused-ring (bicyclic) bond motifs is 2. The number of nitrogens with zero attached hydrogens (tertiary/aromatic N) is 6. The summed E-state index contributed by atoms with van der Waals surface area (Å²) in [7, 11) is -10.9. The zero-order valence-corrected chi connectivity index (χ0v) is 37.4. The van der Waals surface area contributed by atoms with Crippen LogP contribution < -0.4 is 148 Å². The van der Waals surface area contributed by atoms with Crippen LogP contribution in [0.1, 0.15) is 0 Å². The van der Waals surface area contributed by atoms with Crippen LogP contribution in [0.4, 0.5) is 0 Å². The Morgan fingerprint density at radius 3 is 1.56 bits per heavy atom. The van der Waals surface area contributed by atoms with Gasteiger partial charge in [0.1, 0.15) is 36.6 Å². The van der Waals surface area contributed by atoms with Gasteiger partial charge in [-0.2, -0.15) is 9.98 Å². The molecule has 6 heterocycles. The maximum absolute atomic E-state index is 11.8. The molecule has 2 saturated heterocycles. The maximum Gasteiger partial charge on any atom is 1.00 e. The van der Waals surface area contributed by atoms with Crippen LogP contribution >= 0.6 is 15.6 Å². The van der Waals surface area contributed by atoms with Crippen molar-refractivity contribution in [3.63, 3.8) is 0 Å². The van der Waals surface area contributed by atoms with Crippen molar-refractivity contribution >= 4 is 63.7 Å². The minimum Gasteiger partial charge on any atom is -0.790 e. The van der Waals surface area contributed by atoms with E-state index in [0.29, 0.717) is 0 Å². The van der Waals surface area contributed by atoms with E-state index in [1.807, 2.05) is 0 Å². The van der Waals surface area contributed by atoms with Gasteiger partial charge in [-0.05, 0) is 0 Å². The second-order valence-electron chi connectivity index (χ2n) is 10.3. The molecule has 0 bridgehead atoms. The van der Waals surface area contributed by atoms with Gasteiger partial charge in [0.2, 0.25) is 11.9 Å². The Morgan fingerprint density at radius 1 is 0.731 bits per heavy atom. The van der Waals surface area contributed by atoms with Crippen LogP contribution in [0.5, 0.6) is 0 Å². The Labute approximate surface area is 380 Å². The molecule has 52 heavy (non-hydrogen) atoms. The van der Waals surface area contributed by atoms with E-state index >= 15 is 0 Å². The summed E-state index contributed by atoms with van der Waals surface area (Å²) in [6, 6.07) is -2.13. The van der Waals surface area contributed by atoms with Crippen LogP contribution in [0, 0.1) is 10.8 Å². The number of carbonyl (C=O) groups is 2. The number of aliphatic hydroxyl groups excluding tert-OH is 4. The number of nitrogens with one attached hydrogen (secondary N) is 4.